The van der Waals surface area contributed by atoms with Crippen LogP contribution in [-0.2, 0) is 0 Å². The second kappa shape index (κ2) is 6.45. The maximum absolute atomic E-state index is 6.33. The van der Waals surface area contributed by atoms with E-state index in [-0.39, 0.29) is 15.0 Å². The molecule has 0 saturated heterocycles. The zero-order valence-electron chi connectivity index (χ0n) is 13.0. The van der Waals surface area contributed by atoms with E-state index in [4.69, 9.17) is 21.3 Å². The van der Waals surface area contributed by atoms with E-state index in [1.54, 1.807) is 7.11 Å². The summed E-state index contributed by atoms with van der Waals surface area (Å²) < 4.78 is 7.78. The van der Waals surface area contributed by atoms with Gasteiger partial charge < -0.3 is 0 Å². The number of hydrogen-bond acceptors (Lipinski definition) is 2. The number of ether oxygens (including phenoxy) is 1. The summed E-state index contributed by atoms with van der Waals surface area (Å²) in [7, 11) is 1.68. The number of fused-ring (bicyclic) bond motifs is 2. The molecule has 0 spiro atoms. The Morgan fingerprint density at radius 1 is 0.875 bits per heavy atom. The van der Waals surface area contributed by atoms with Gasteiger partial charge in [-0.05, 0) is 0 Å². The Kier molecular flexibility index (Phi) is 4.15. The molecule has 24 heavy (non-hydrogen) atoms. The first-order chi connectivity index (χ1) is 11.7. The third-order valence-corrected chi connectivity index (χ3v) is 6.39. The number of para-hydroxylation sites is 2. The van der Waals surface area contributed by atoms with Crippen LogP contribution in [0.3, 0.4) is 0 Å². The molecule has 0 fully saturated rings. The Balaban J connectivity index is 1.83. The summed E-state index contributed by atoms with van der Waals surface area (Å²) in [5, 5.41) is 2.92. The van der Waals surface area contributed by atoms with Crippen molar-refractivity contribution in [2.75, 3.05) is 7.11 Å². The second-order valence-corrected chi connectivity index (χ2v) is 8.15. The van der Waals surface area contributed by atoms with E-state index in [0.29, 0.717) is 5.02 Å². The minimum absolute atomic E-state index is 0.174. The van der Waals surface area contributed by atoms with Gasteiger partial charge in [-0.25, -0.2) is 0 Å². The normalized spacial score (nSPS) is 11.1. The first kappa shape index (κ1) is 15.5. The van der Waals surface area contributed by atoms with Gasteiger partial charge in [0, 0.05) is 0 Å². The molecule has 118 valence electrons. The number of rotatable bonds is 3. The summed E-state index contributed by atoms with van der Waals surface area (Å²) in [4.78, 5) is 4.87. The Labute approximate surface area is 151 Å². The first-order valence-corrected chi connectivity index (χ1v) is 9.63. The molecule has 3 aromatic carbocycles. The molecule has 0 saturated carbocycles. The number of pyridine rings is 1. The van der Waals surface area contributed by atoms with Crippen LogP contribution in [0.2, 0.25) is 5.02 Å². The zero-order chi connectivity index (χ0) is 16.5. The second-order valence-electron chi connectivity index (χ2n) is 5.41. The molecule has 0 unspecified atom stereocenters. The molecule has 0 aliphatic heterocycles. The average molecular weight is 399 g/mol. The van der Waals surface area contributed by atoms with Crippen molar-refractivity contribution in [3.05, 3.63) is 71.8 Å². The fourth-order valence-corrected chi connectivity index (χ4v) is 4.86. The standard InChI is InChI=1S/C20H14ClNOSe/c1-23-15-8-10-16(11-9-15)24-18-7-3-5-14-12-13-4-2-6-17(21)19(13)22-20(14)18/h2-12H,1H3. The van der Waals surface area contributed by atoms with Gasteiger partial charge in [0.1, 0.15) is 0 Å². The first-order valence-electron chi connectivity index (χ1n) is 7.54. The summed E-state index contributed by atoms with van der Waals surface area (Å²) in [6, 6.07) is 22.7. The van der Waals surface area contributed by atoms with E-state index in [2.05, 4.69) is 42.5 Å². The molecule has 0 radical (unpaired) electrons. The van der Waals surface area contributed by atoms with Gasteiger partial charge >= 0.3 is 152 Å². The quantitative estimate of drug-likeness (QED) is 0.388. The van der Waals surface area contributed by atoms with Crippen LogP contribution in [0.15, 0.2) is 66.7 Å². The van der Waals surface area contributed by atoms with E-state index in [9.17, 15) is 0 Å². The molecule has 0 aliphatic carbocycles. The molecule has 1 aromatic heterocycles. The van der Waals surface area contributed by atoms with Crippen molar-refractivity contribution in [1.29, 1.82) is 0 Å². The third kappa shape index (κ3) is 2.87. The van der Waals surface area contributed by atoms with Crippen LogP contribution >= 0.6 is 11.6 Å². The number of aromatic nitrogens is 1. The van der Waals surface area contributed by atoms with Gasteiger partial charge in [-0.15, -0.1) is 0 Å². The summed E-state index contributed by atoms with van der Waals surface area (Å²) in [6.45, 7) is 0. The van der Waals surface area contributed by atoms with Gasteiger partial charge in [-0.1, -0.05) is 0 Å². The van der Waals surface area contributed by atoms with Crippen LogP contribution in [0.1, 0.15) is 0 Å². The van der Waals surface area contributed by atoms with E-state index in [1.165, 1.54) is 8.92 Å². The van der Waals surface area contributed by atoms with Gasteiger partial charge in [-0.3, -0.25) is 0 Å². The Bertz CT molecular complexity index is 1030. The number of methoxy groups -OCH3 is 1. The molecule has 4 aromatic rings. The molecule has 0 aliphatic rings. The summed E-state index contributed by atoms with van der Waals surface area (Å²) >= 11 is 6.51. The number of benzene rings is 3. The van der Waals surface area contributed by atoms with Crippen molar-refractivity contribution in [2.24, 2.45) is 0 Å². The third-order valence-electron chi connectivity index (χ3n) is 3.87. The predicted molar refractivity (Wildman–Crippen MR) is 102 cm³/mol. The molecule has 0 amide bonds. The van der Waals surface area contributed by atoms with Crippen molar-refractivity contribution in [2.45, 2.75) is 0 Å². The average Bonchev–Trinajstić information content (AvgIpc) is 2.62. The summed E-state index contributed by atoms with van der Waals surface area (Å²) in [5.41, 5.74) is 1.90. The minimum atomic E-state index is 0.174. The van der Waals surface area contributed by atoms with Crippen LogP contribution in [0.25, 0.3) is 21.8 Å². The summed E-state index contributed by atoms with van der Waals surface area (Å²) in [6.07, 6.45) is 0. The number of nitrogens with zero attached hydrogens (tertiary/aromatic N) is 1. The fraction of sp³-hybridized carbons (Fsp3) is 0.0500. The molecular formula is C20H14ClNOSe. The Morgan fingerprint density at radius 3 is 2.33 bits per heavy atom. The van der Waals surface area contributed by atoms with Gasteiger partial charge in [0.05, 0.1) is 0 Å². The van der Waals surface area contributed by atoms with Crippen molar-refractivity contribution in [1.82, 2.24) is 4.98 Å². The zero-order valence-corrected chi connectivity index (χ0v) is 15.5. The van der Waals surface area contributed by atoms with Gasteiger partial charge in [0.15, 0.2) is 0 Å². The van der Waals surface area contributed by atoms with Crippen molar-refractivity contribution in [3.63, 3.8) is 0 Å². The molecule has 4 rings (SSSR count). The van der Waals surface area contributed by atoms with E-state index < -0.39 is 0 Å². The molecule has 1 heterocycles. The number of hydrogen-bond donors (Lipinski definition) is 0. The predicted octanol–water partition coefficient (Wildman–Crippen LogP) is 3.71. The fourth-order valence-electron chi connectivity index (χ4n) is 2.67. The summed E-state index contributed by atoms with van der Waals surface area (Å²) in [5.74, 6) is 0.878. The molecular weight excluding hydrogens is 385 g/mol. The number of halogens is 1. The van der Waals surface area contributed by atoms with Gasteiger partial charge in [-0.2, -0.15) is 0 Å². The molecule has 0 atom stereocenters. The topological polar surface area (TPSA) is 22.1 Å². The van der Waals surface area contributed by atoms with Crippen LogP contribution in [-0.4, -0.2) is 27.1 Å². The van der Waals surface area contributed by atoms with E-state index >= 15 is 0 Å². The molecule has 0 bridgehead atoms. The monoisotopic (exact) mass is 399 g/mol. The van der Waals surface area contributed by atoms with Crippen molar-refractivity contribution >= 4 is 57.3 Å². The maximum atomic E-state index is 6.33. The molecule has 2 nitrogen and oxygen atoms in total. The Morgan fingerprint density at radius 2 is 1.58 bits per heavy atom. The molecule has 0 N–H and O–H groups in total. The van der Waals surface area contributed by atoms with E-state index in [1.807, 2.05) is 24.3 Å². The van der Waals surface area contributed by atoms with Crippen LogP contribution in [0.5, 0.6) is 5.75 Å². The van der Waals surface area contributed by atoms with Crippen LogP contribution < -0.4 is 13.7 Å². The van der Waals surface area contributed by atoms with Gasteiger partial charge in [0.25, 0.3) is 0 Å². The Hall–Kier alpha value is -2.06. The molecule has 4 heteroatoms. The van der Waals surface area contributed by atoms with Crippen molar-refractivity contribution in [3.8, 4) is 5.75 Å². The van der Waals surface area contributed by atoms with Crippen LogP contribution in [0.4, 0.5) is 0 Å². The van der Waals surface area contributed by atoms with Gasteiger partial charge in [0.2, 0.25) is 0 Å². The SMILES string of the molecule is COc1ccc([Se]c2cccc3cc4cccc(Cl)c4nc23)cc1. The van der Waals surface area contributed by atoms with E-state index in [0.717, 1.165) is 27.6 Å². The van der Waals surface area contributed by atoms with Crippen molar-refractivity contribution < 1.29 is 4.74 Å². The van der Waals surface area contributed by atoms with Crippen LogP contribution in [0, 0.1) is 0 Å².